The van der Waals surface area contributed by atoms with Gasteiger partial charge in [-0.1, -0.05) is 6.42 Å². The zero-order valence-corrected chi connectivity index (χ0v) is 13.1. The molecule has 0 bridgehead atoms. The van der Waals surface area contributed by atoms with E-state index >= 15 is 0 Å². The number of piperidine rings is 1. The molecule has 2 rings (SSSR count). The van der Waals surface area contributed by atoms with Crippen molar-refractivity contribution in [3.05, 3.63) is 23.5 Å². The SMILES string of the molecule is Cc1ccc(C(=O)N(CC2CCCCN2)C(C)C)n1C. The summed E-state index contributed by atoms with van der Waals surface area (Å²) in [4.78, 5) is 14.8. The van der Waals surface area contributed by atoms with Crippen LogP contribution >= 0.6 is 0 Å². The Hall–Kier alpha value is -1.29. The zero-order valence-electron chi connectivity index (χ0n) is 13.1. The van der Waals surface area contributed by atoms with Gasteiger partial charge in [0.2, 0.25) is 0 Å². The standard InChI is InChI=1S/C16H27N3O/c1-12(2)19(11-14-7-5-6-10-17-14)16(20)15-9-8-13(3)18(15)4/h8-9,12,14,17H,5-7,10-11H2,1-4H3. The van der Waals surface area contributed by atoms with Gasteiger partial charge in [0, 0.05) is 31.4 Å². The van der Waals surface area contributed by atoms with E-state index in [0.29, 0.717) is 6.04 Å². The van der Waals surface area contributed by atoms with E-state index in [1.807, 2.05) is 35.6 Å². The third-order valence-corrected chi connectivity index (χ3v) is 4.31. The molecule has 0 aromatic carbocycles. The summed E-state index contributed by atoms with van der Waals surface area (Å²) in [5.74, 6) is 0.142. The van der Waals surface area contributed by atoms with E-state index < -0.39 is 0 Å². The Kier molecular flexibility index (Phi) is 4.86. The number of carbonyl (C=O) groups is 1. The molecule has 4 heteroatoms. The molecule has 20 heavy (non-hydrogen) atoms. The quantitative estimate of drug-likeness (QED) is 0.917. The first kappa shape index (κ1) is 15.1. The molecule has 0 aliphatic carbocycles. The fourth-order valence-electron chi connectivity index (χ4n) is 2.82. The number of carbonyl (C=O) groups excluding carboxylic acids is 1. The molecule has 1 amide bonds. The lowest BCUT2D eigenvalue weighted by atomic mass is 10.0. The molecule has 1 aromatic heterocycles. The van der Waals surface area contributed by atoms with Crippen molar-refractivity contribution >= 4 is 5.91 Å². The average molecular weight is 277 g/mol. The molecule has 1 N–H and O–H groups in total. The van der Waals surface area contributed by atoms with E-state index in [9.17, 15) is 4.79 Å². The second-order valence-electron chi connectivity index (χ2n) is 6.12. The van der Waals surface area contributed by atoms with E-state index in [1.165, 1.54) is 19.3 Å². The first-order valence-corrected chi connectivity index (χ1v) is 7.67. The Labute approximate surface area is 122 Å². The van der Waals surface area contributed by atoms with E-state index in [-0.39, 0.29) is 11.9 Å². The van der Waals surface area contributed by atoms with Crippen LogP contribution in [0.15, 0.2) is 12.1 Å². The van der Waals surface area contributed by atoms with E-state index in [4.69, 9.17) is 0 Å². The predicted molar refractivity (Wildman–Crippen MR) is 82.0 cm³/mol. The summed E-state index contributed by atoms with van der Waals surface area (Å²) in [5.41, 5.74) is 1.90. The van der Waals surface area contributed by atoms with Gasteiger partial charge in [0.15, 0.2) is 0 Å². The van der Waals surface area contributed by atoms with Crippen LogP contribution < -0.4 is 5.32 Å². The van der Waals surface area contributed by atoms with Gasteiger partial charge in [-0.25, -0.2) is 0 Å². The van der Waals surface area contributed by atoms with Crippen LogP contribution in [-0.4, -0.2) is 40.5 Å². The molecule has 1 atom stereocenters. The monoisotopic (exact) mass is 277 g/mol. The minimum absolute atomic E-state index is 0.142. The van der Waals surface area contributed by atoms with Gasteiger partial charge in [0.05, 0.1) is 0 Å². The van der Waals surface area contributed by atoms with Crippen molar-refractivity contribution in [3.63, 3.8) is 0 Å². The van der Waals surface area contributed by atoms with Crippen LogP contribution in [0.1, 0.15) is 49.3 Å². The smallest absolute Gasteiger partial charge is 0.270 e. The van der Waals surface area contributed by atoms with Crippen molar-refractivity contribution in [3.8, 4) is 0 Å². The number of aromatic nitrogens is 1. The molecule has 0 saturated carbocycles. The second-order valence-corrected chi connectivity index (χ2v) is 6.12. The molecule has 0 spiro atoms. The minimum Gasteiger partial charge on any atom is -0.344 e. The van der Waals surface area contributed by atoms with Crippen LogP contribution in [0.2, 0.25) is 0 Å². The maximum absolute atomic E-state index is 12.8. The van der Waals surface area contributed by atoms with Gasteiger partial charge in [-0.3, -0.25) is 4.79 Å². The van der Waals surface area contributed by atoms with Gasteiger partial charge in [-0.15, -0.1) is 0 Å². The lowest BCUT2D eigenvalue weighted by molar-refractivity contribution is 0.0667. The number of amides is 1. The average Bonchev–Trinajstić information content (AvgIpc) is 2.76. The third kappa shape index (κ3) is 3.23. The topological polar surface area (TPSA) is 37.3 Å². The molecule has 112 valence electrons. The van der Waals surface area contributed by atoms with E-state index in [2.05, 4.69) is 19.2 Å². The molecule has 1 aliphatic heterocycles. The summed E-state index contributed by atoms with van der Waals surface area (Å²) >= 11 is 0. The molecule has 4 nitrogen and oxygen atoms in total. The summed E-state index contributed by atoms with van der Waals surface area (Å²) < 4.78 is 1.98. The highest BCUT2D eigenvalue weighted by Gasteiger charge is 2.25. The summed E-state index contributed by atoms with van der Waals surface area (Å²) in [6.07, 6.45) is 3.69. The third-order valence-electron chi connectivity index (χ3n) is 4.31. The highest BCUT2D eigenvalue weighted by molar-refractivity contribution is 5.93. The van der Waals surface area contributed by atoms with Crippen LogP contribution in [0, 0.1) is 6.92 Å². The number of nitrogens with zero attached hydrogens (tertiary/aromatic N) is 2. The Balaban J connectivity index is 2.11. The first-order valence-electron chi connectivity index (χ1n) is 7.67. The normalized spacial score (nSPS) is 19.4. The van der Waals surface area contributed by atoms with Gasteiger partial charge in [-0.05, 0) is 52.3 Å². The van der Waals surface area contributed by atoms with Crippen molar-refractivity contribution in [1.29, 1.82) is 0 Å². The Morgan fingerprint density at radius 2 is 2.20 bits per heavy atom. The molecule has 2 heterocycles. The first-order chi connectivity index (χ1) is 9.50. The Morgan fingerprint density at radius 1 is 1.45 bits per heavy atom. The van der Waals surface area contributed by atoms with Crippen LogP contribution in [0.5, 0.6) is 0 Å². The fraction of sp³-hybridized carbons (Fsp3) is 0.688. The van der Waals surface area contributed by atoms with Crippen molar-refractivity contribution in [2.75, 3.05) is 13.1 Å². The Bertz CT molecular complexity index is 458. The van der Waals surface area contributed by atoms with Gasteiger partial charge >= 0.3 is 0 Å². The van der Waals surface area contributed by atoms with Crippen LogP contribution in [0.3, 0.4) is 0 Å². The molecule has 1 fully saturated rings. The van der Waals surface area contributed by atoms with Gasteiger partial charge in [0.25, 0.3) is 5.91 Å². The fourth-order valence-corrected chi connectivity index (χ4v) is 2.82. The second kappa shape index (κ2) is 6.44. The lowest BCUT2D eigenvalue weighted by Crippen LogP contribution is -2.48. The van der Waals surface area contributed by atoms with Gasteiger partial charge < -0.3 is 14.8 Å². The van der Waals surface area contributed by atoms with E-state index in [1.54, 1.807) is 0 Å². The summed E-state index contributed by atoms with van der Waals surface area (Å²) in [6, 6.07) is 4.60. The number of aryl methyl sites for hydroxylation is 1. The molecule has 1 saturated heterocycles. The van der Waals surface area contributed by atoms with Gasteiger partial charge in [0.1, 0.15) is 5.69 Å². The highest BCUT2D eigenvalue weighted by Crippen LogP contribution is 2.15. The van der Waals surface area contributed by atoms with Crippen molar-refractivity contribution in [1.82, 2.24) is 14.8 Å². The number of nitrogens with one attached hydrogen (secondary N) is 1. The summed E-state index contributed by atoms with van der Waals surface area (Å²) in [6.45, 7) is 8.10. The molecule has 1 aliphatic rings. The summed E-state index contributed by atoms with van der Waals surface area (Å²) in [5, 5.41) is 3.53. The molecule has 1 aromatic rings. The van der Waals surface area contributed by atoms with Crippen LogP contribution in [0.4, 0.5) is 0 Å². The van der Waals surface area contributed by atoms with Crippen LogP contribution in [-0.2, 0) is 7.05 Å². The highest BCUT2D eigenvalue weighted by atomic mass is 16.2. The minimum atomic E-state index is 0.142. The number of rotatable bonds is 4. The maximum Gasteiger partial charge on any atom is 0.270 e. The molecule has 0 radical (unpaired) electrons. The zero-order chi connectivity index (χ0) is 14.7. The van der Waals surface area contributed by atoms with Crippen molar-refractivity contribution in [2.24, 2.45) is 7.05 Å². The predicted octanol–water partition coefficient (Wildman–Crippen LogP) is 2.33. The largest absolute Gasteiger partial charge is 0.344 e. The van der Waals surface area contributed by atoms with Crippen LogP contribution in [0.25, 0.3) is 0 Å². The maximum atomic E-state index is 12.8. The summed E-state index contributed by atoms with van der Waals surface area (Å²) in [7, 11) is 1.96. The molecular weight excluding hydrogens is 250 g/mol. The van der Waals surface area contributed by atoms with Crippen molar-refractivity contribution in [2.45, 2.75) is 52.1 Å². The lowest BCUT2D eigenvalue weighted by Gasteiger charge is -2.33. The van der Waals surface area contributed by atoms with E-state index in [0.717, 1.165) is 24.5 Å². The molecule has 1 unspecified atom stereocenters. The van der Waals surface area contributed by atoms with Crippen molar-refractivity contribution < 1.29 is 4.79 Å². The Morgan fingerprint density at radius 3 is 2.70 bits per heavy atom. The van der Waals surface area contributed by atoms with Gasteiger partial charge in [-0.2, -0.15) is 0 Å². The molecular formula is C16H27N3O. The number of hydrogen-bond acceptors (Lipinski definition) is 2. The number of hydrogen-bond donors (Lipinski definition) is 1.